The van der Waals surface area contributed by atoms with Crippen LogP contribution in [0.15, 0.2) is 41.2 Å². The lowest BCUT2D eigenvalue weighted by Crippen LogP contribution is -2.14. The molecule has 1 saturated heterocycles. The molecule has 6 nitrogen and oxygen atoms in total. The molecule has 1 aromatic carbocycles. The minimum atomic E-state index is -1.18. The van der Waals surface area contributed by atoms with Gasteiger partial charge in [0.15, 0.2) is 18.2 Å². The van der Waals surface area contributed by atoms with Crippen LogP contribution in [0.25, 0.3) is 5.57 Å². The Hall–Kier alpha value is -2.93. The number of carboxylic acid groups (broad SMARTS) is 1. The highest BCUT2D eigenvalue weighted by molar-refractivity contribution is 5.78. The van der Waals surface area contributed by atoms with Gasteiger partial charge in [-0.3, -0.25) is 4.79 Å². The molecule has 2 N–H and O–H groups in total. The van der Waals surface area contributed by atoms with Crippen LogP contribution in [0.3, 0.4) is 0 Å². The van der Waals surface area contributed by atoms with Crippen molar-refractivity contribution >= 4 is 11.5 Å². The van der Waals surface area contributed by atoms with E-state index in [2.05, 4.69) is 4.98 Å². The zero-order chi connectivity index (χ0) is 20.4. The van der Waals surface area contributed by atoms with E-state index in [9.17, 15) is 14.0 Å². The maximum atomic E-state index is 14.5. The lowest BCUT2D eigenvalue weighted by atomic mass is 9.95. The van der Waals surface area contributed by atoms with Gasteiger partial charge >= 0.3 is 5.97 Å². The van der Waals surface area contributed by atoms with Gasteiger partial charge in [0, 0.05) is 29.4 Å². The van der Waals surface area contributed by atoms with Gasteiger partial charge in [-0.15, -0.1) is 0 Å². The number of nitrogens with one attached hydrogen (secondary N) is 1. The molecule has 0 amide bonds. The number of hydrogen-bond acceptors (Lipinski definition) is 4. The summed E-state index contributed by atoms with van der Waals surface area (Å²) in [5.74, 6) is -1.45. The summed E-state index contributed by atoms with van der Waals surface area (Å²) >= 11 is 0. The third kappa shape index (κ3) is 4.56. The quantitative estimate of drug-likeness (QED) is 0.746. The molecule has 1 atom stereocenters. The summed E-state index contributed by atoms with van der Waals surface area (Å²) in [7, 11) is 0. The Labute approximate surface area is 167 Å². The number of halogens is 1. The average molecular weight is 399 g/mol. The van der Waals surface area contributed by atoms with Gasteiger partial charge in [0.2, 0.25) is 0 Å². The van der Waals surface area contributed by atoms with Crippen molar-refractivity contribution in [2.75, 3.05) is 19.8 Å². The zero-order valence-electron chi connectivity index (χ0n) is 15.8. The van der Waals surface area contributed by atoms with Crippen molar-refractivity contribution < 1.29 is 23.8 Å². The van der Waals surface area contributed by atoms with Crippen molar-refractivity contribution in [2.24, 2.45) is 5.92 Å². The minimum absolute atomic E-state index is 0.111. The van der Waals surface area contributed by atoms with Crippen molar-refractivity contribution in [1.29, 1.82) is 0 Å². The van der Waals surface area contributed by atoms with Gasteiger partial charge < -0.3 is 19.6 Å². The predicted octanol–water partition coefficient (Wildman–Crippen LogP) is 3.32. The minimum Gasteiger partial charge on any atom is -0.479 e. The number of carbonyl (C=O) groups is 1. The molecular formula is C22H22FNO5. The molecule has 1 aliphatic heterocycles. The molecule has 2 aliphatic rings. The van der Waals surface area contributed by atoms with Gasteiger partial charge in [-0.25, -0.2) is 9.18 Å². The van der Waals surface area contributed by atoms with E-state index in [1.165, 1.54) is 12.1 Å². The van der Waals surface area contributed by atoms with E-state index < -0.39 is 18.4 Å². The molecule has 0 bridgehead atoms. The number of H-pyrrole nitrogens is 1. The van der Waals surface area contributed by atoms with Crippen molar-refractivity contribution in [1.82, 2.24) is 4.98 Å². The first-order valence-electron chi connectivity index (χ1n) is 9.69. The van der Waals surface area contributed by atoms with Gasteiger partial charge in [-0.2, -0.15) is 0 Å². The topological polar surface area (TPSA) is 88.6 Å². The van der Waals surface area contributed by atoms with E-state index in [4.69, 9.17) is 14.6 Å². The number of aromatic amines is 1. The third-order valence-electron chi connectivity index (χ3n) is 5.21. The molecular weight excluding hydrogens is 377 g/mol. The van der Waals surface area contributed by atoms with Gasteiger partial charge in [0.25, 0.3) is 5.56 Å². The molecule has 2 heterocycles. The van der Waals surface area contributed by atoms with Crippen LogP contribution in [-0.2, 0) is 9.53 Å². The lowest BCUT2D eigenvalue weighted by Gasteiger charge is -2.13. The van der Waals surface area contributed by atoms with Crippen molar-refractivity contribution in [2.45, 2.75) is 25.2 Å². The maximum absolute atomic E-state index is 14.5. The number of hydrogen-bond donors (Lipinski definition) is 2. The zero-order valence-corrected chi connectivity index (χ0v) is 15.8. The monoisotopic (exact) mass is 399 g/mol. The fourth-order valence-corrected chi connectivity index (χ4v) is 3.54. The van der Waals surface area contributed by atoms with Crippen LogP contribution in [0.4, 0.5) is 4.39 Å². The number of ether oxygens (including phenoxy) is 2. The van der Waals surface area contributed by atoms with Crippen LogP contribution in [0.5, 0.6) is 5.75 Å². The SMILES string of the molecule is O=C(O)COc1ccc(/C(=C\C2CCOC2)c2ccc(C3CC3)c(=O)[nH]2)cc1F. The number of rotatable bonds is 7. The Bertz CT molecular complexity index is 1000. The van der Waals surface area contributed by atoms with Gasteiger partial charge in [-0.1, -0.05) is 18.2 Å². The largest absolute Gasteiger partial charge is 0.479 e. The Balaban J connectivity index is 1.69. The van der Waals surface area contributed by atoms with E-state index in [0.717, 1.165) is 24.8 Å². The highest BCUT2D eigenvalue weighted by Gasteiger charge is 2.26. The number of pyridine rings is 1. The van der Waals surface area contributed by atoms with Crippen LogP contribution in [0.1, 0.15) is 42.0 Å². The number of aliphatic carboxylic acids is 1. The summed E-state index contributed by atoms with van der Waals surface area (Å²) in [5.41, 5.74) is 2.58. The van der Waals surface area contributed by atoms with E-state index in [0.29, 0.717) is 36.0 Å². The molecule has 0 spiro atoms. The van der Waals surface area contributed by atoms with Gasteiger partial charge in [0.1, 0.15) is 0 Å². The van der Waals surface area contributed by atoms with Crippen molar-refractivity contribution in [3.05, 3.63) is 69.4 Å². The summed E-state index contributed by atoms with van der Waals surface area (Å²) < 4.78 is 24.9. The van der Waals surface area contributed by atoms with E-state index in [-0.39, 0.29) is 17.2 Å². The normalized spacial score (nSPS) is 19.3. The fraction of sp³-hybridized carbons (Fsp3) is 0.364. The van der Waals surface area contributed by atoms with Crippen molar-refractivity contribution in [3.63, 3.8) is 0 Å². The van der Waals surface area contributed by atoms with Crippen LogP contribution in [-0.4, -0.2) is 35.9 Å². The lowest BCUT2D eigenvalue weighted by molar-refractivity contribution is -0.139. The molecule has 29 heavy (non-hydrogen) atoms. The second-order valence-electron chi connectivity index (χ2n) is 7.46. The average Bonchev–Trinajstić information content (AvgIpc) is 3.40. The van der Waals surface area contributed by atoms with Crippen LogP contribution < -0.4 is 10.3 Å². The van der Waals surface area contributed by atoms with Gasteiger partial charge in [-0.05, 0) is 48.9 Å². The highest BCUT2D eigenvalue weighted by atomic mass is 19.1. The van der Waals surface area contributed by atoms with Gasteiger partial charge in [0.05, 0.1) is 6.61 Å². The Morgan fingerprint density at radius 1 is 1.28 bits per heavy atom. The molecule has 2 fully saturated rings. The molecule has 4 rings (SSSR count). The summed E-state index contributed by atoms with van der Waals surface area (Å²) in [4.78, 5) is 26.1. The number of carboxylic acids is 1. The fourth-order valence-electron chi connectivity index (χ4n) is 3.54. The molecule has 1 saturated carbocycles. The first-order valence-corrected chi connectivity index (χ1v) is 9.69. The Morgan fingerprint density at radius 2 is 2.10 bits per heavy atom. The molecule has 1 unspecified atom stereocenters. The Morgan fingerprint density at radius 3 is 2.72 bits per heavy atom. The third-order valence-corrected chi connectivity index (χ3v) is 5.21. The van der Waals surface area contributed by atoms with E-state index >= 15 is 0 Å². The smallest absolute Gasteiger partial charge is 0.341 e. The Kier molecular flexibility index (Phi) is 5.49. The molecule has 1 aliphatic carbocycles. The summed E-state index contributed by atoms with van der Waals surface area (Å²) in [6.45, 7) is 0.631. The van der Waals surface area contributed by atoms with Crippen LogP contribution in [0, 0.1) is 11.7 Å². The van der Waals surface area contributed by atoms with Crippen LogP contribution in [0.2, 0.25) is 0 Å². The molecule has 0 radical (unpaired) electrons. The molecule has 2 aromatic rings. The first-order chi connectivity index (χ1) is 14.0. The number of aromatic nitrogens is 1. The predicted molar refractivity (Wildman–Crippen MR) is 105 cm³/mol. The summed E-state index contributed by atoms with van der Waals surface area (Å²) in [6.07, 6.45) is 4.93. The molecule has 7 heteroatoms. The highest BCUT2D eigenvalue weighted by Crippen LogP contribution is 2.38. The van der Waals surface area contributed by atoms with Crippen molar-refractivity contribution in [3.8, 4) is 5.75 Å². The van der Waals surface area contributed by atoms with E-state index in [1.807, 2.05) is 18.2 Å². The second kappa shape index (κ2) is 8.21. The maximum Gasteiger partial charge on any atom is 0.341 e. The summed E-state index contributed by atoms with van der Waals surface area (Å²) in [5, 5.41) is 8.71. The first kappa shape index (κ1) is 19.4. The standard InChI is InChI=1S/C22H22FNO5/c23-18-10-15(3-6-20(18)29-12-21(25)26)17(9-13-7-8-28-11-13)19-5-4-16(14-1-2-14)22(27)24-19/h3-6,9-10,13-14H,1-2,7-8,11-12H2,(H,24,27)(H,25,26)/b17-9+. The van der Waals surface area contributed by atoms with Crippen LogP contribution >= 0.6 is 0 Å². The molecule has 152 valence electrons. The summed E-state index contributed by atoms with van der Waals surface area (Å²) in [6, 6.07) is 8.08. The second-order valence-corrected chi connectivity index (χ2v) is 7.46. The number of benzene rings is 1. The molecule has 1 aromatic heterocycles. The van der Waals surface area contributed by atoms with E-state index in [1.54, 1.807) is 6.07 Å².